The van der Waals surface area contributed by atoms with Crippen molar-refractivity contribution in [2.75, 3.05) is 5.32 Å². The maximum atomic E-state index is 13.7. The van der Waals surface area contributed by atoms with Gasteiger partial charge in [-0.3, -0.25) is 0 Å². The largest absolute Gasteiger partial charge is 0.380 e. The van der Waals surface area contributed by atoms with Gasteiger partial charge in [-0.2, -0.15) is 0 Å². The van der Waals surface area contributed by atoms with Crippen LogP contribution in [0.15, 0.2) is 18.2 Å². The Bertz CT molecular complexity index is 354. The number of halogens is 2. The third-order valence-corrected chi connectivity index (χ3v) is 3.39. The van der Waals surface area contributed by atoms with Crippen molar-refractivity contribution in [3.05, 3.63) is 29.0 Å². The van der Waals surface area contributed by atoms with Crippen molar-refractivity contribution in [2.45, 2.75) is 58.4 Å². The normalized spacial score (nSPS) is 12.4. The molecule has 1 rings (SSSR count). The summed E-state index contributed by atoms with van der Waals surface area (Å²) in [6, 6.07) is 5.34. The third kappa shape index (κ3) is 5.26. The van der Waals surface area contributed by atoms with E-state index < -0.39 is 0 Å². The summed E-state index contributed by atoms with van der Waals surface area (Å²) in [4.78, 5) is 0. The van der Waals surface area contributed by atoms with Crippen molar-refractivity contribution in [3.8, 4) is 0 Å². The molecule has 0 amide bonds. The Morgan fingerprint density at radius 2 is 1.94 bits per heavy atom. The van der Waals surface area contributed by atoms with Gasteiger partial charge in [0.15, 0.2) is 5.82 Å². The number of rotatable bonds is 8. The van der Waals surface area contributed by atoms with Crippen molar-refractivity contribution in [2.24, 2.45) is 0 Å². The molecule has 0 radical (unpaired) electrons. The summed E-state index contributed by atoms with van der Waals surface area (Å²) in [7, 11) is 0. The van der Waals surface area contributed by atoms with E-state index >= 15 is 0 Å². The molecule has 0 aromatic heterocycles. The molecule has 1 aromatic rings. The summed E-state index contributed by atoms with van der Waals surface area (Å²) in [6.07, 6.45) is 7.39. The summed E-state index contributed by atoms with van der Waals surface area (Å²) in [6.45, 7) is 4.30. The molecule has 0 saturated carbocycles. The van der Waals surface area contributed by atoms with Crippen LogP contribution >= 0.6 is 11.6 Å². The molecule has 102 valence electrons. The van der Waals surface area contributed by atoms with Gasteiger partial charge in [0.25, 0.3) is 0 Å². The van der Waals surface area contributed by atoms with Crippen molar-refractivity contribution < 1.29 is 4.39 Å². The van der Waals surface area contributed by atoms with Gasteiger partial charge in [0.05, 0.1) is 10.7 Å². The van der Waals surface area contributed by atoms with E-state index in [4.69, 9.17) is 11.6 Å². The predicted molar refractivity (Wildman–Crippen MR) is 77.9 cm³/mol. The lowest BCUT2D eigenvalue weighted by molar-refractivity contribution is 0.573. The lowest BCUT2D eigenvalue weighted by Gasteiger charge is -2.16. The van der Waals surface area contributed by atoms with Gasteiger partial charge in [-0.1, -0.05) is 56.7 Å². The summed E-state index contributed by atoms with van der Waals surface area (Å²) in [5.74, 6) is -0.350. The minimum atomic E-state index is -0.350. The third-order valence-electron chi connectivity index (χ3n) is 3.09. The monoisotopic (exact) mass is 271 g/mol. The zero-order chi connectivity index (χ0) is 13.4. The molecule has 0 bridgehead atoms. The Balaban J connectivity index is 2.31. The fraction of sp³-hybridized carbons (Fsp3) is 0.600. The molecule has 0 fully saturated rings. The highest BCUT2D eigenvalue weighted by Gasteiger charge is 2.08. The van der Waals surface area contributed by atoms with E-state index in [0.29, 0.717) is 5.69 Å². The molecule has 0 aliphatic rings. The van der Waals surface area contributed by atoms with Crippen LogP contribution in [0.4, 0.5) is 10.1 Å². The van der Waals surface area contributed by atoms with Crippen molar-refractivity contribution in [1.82, 2.24) is 0 Å². The first kappa shape index (κ1) is 15.3. The van der Waals surface area contributed by atoms with Crippen LogP contribution in [0.5, 0.6) is 0 Å². The summed E-state index contributed by atoms with van der Waals surface area (Å²) in [5.41, 5.74) is 0.503. The molecular weight excluding hydrogens is 249 g/mol. The van der Waals surface area contributed by atoms with Crippen LogP contribution in [0.2, 0.25) is 5.02 Å². The topological polar surface area (TPSA) is 12.0 Å². The van der Waals surface area contributed by atoms with Crippen LogP contribution in [0.25, 0.3) is 0 Å². The highest BCUT2D eigenvalue weighted by Crippen LogP contribution is 2.23. The molecule has 1 nitrogen and oxygen atoms in total. The smallest absolute Gasteiger partial charge is 0.164 e. The van der Waals surface area contributed by atoms with E-state index in [0.717, 1.165) is 6.42 Å². The number of nitrogens with one attached hydrogen (secondary N) is 1. The molecule has 18 heavy (non-hydrogen) atoms. The molecule has 0 spiro atoms. The Morgan fingerprint density at radius 1 is 1.22 bits per heavy atom. The van der Waals surface area contributed by atoms with Crippen LogP contribution < -0.4 is 5.32 Å². The molecule has 1 N–H and O–H groups in total. The van der Waals surface area contributed by atoms with Crippen molar-refractivity contribution in [1.29, 1.82) is 0 Å². The van der Waals surface area contributed by atoms with Gasteiger partial charge >= 0.3 is 0 Å². The summed E-state index contributed by atoms with van der Waals surface area (Å²) in [5, 5.41) is 3.36. The minimum Gasteiger partial charge on any atom is -0.380 e. The molecule has 0 aliphatic carbocycles. The first-order chi connectivity index (χ1) is 8.65. The van der Waals surface area contributed by atoms with E-state index in [1.165, 1.54) is 32.1 Å². The maximum Gasteiger partial charge on any atom is 0.164 e. The fourth-order valence-corrected chi connectivity index (χ4v) is 2.18. The number of anilines is 1. The highest BCUT2D eigenvalue weighted by molar-refractivity contribution is 6.31. The molecule has 1 atom stereocenters. The van der Waals surface area contributed by atoms with Gasteiger partial charge in [-0.15, -0.1) is 0 Å². The Kier molecular flexibility index (Phi) is 7.11. The number of hydrogen-bond acceptors (Lipinski definition) is 1. The van der Waals surface area contributed by atoms with E-state index in [9.17, 15) is 4.39 Å². The van der Waals surface area contributed by atoms with Crippen molar-refractivity contribution >= 4 is 17.3 Å². The second-order valence-electron chi connectivity index (χ2n) is 4.85. The average molecular weight is 272 g/mol. The van der Waals surface area contributed by atoms with Gasteiger partial charge < -0.3 is 5.32 Å². The van der Waals surface area contributed by atoms with Gasteiger partial charge in [0.2, 0.25) is 0 Å². The average Bonchev–Trinajstić information content (AvgIpc) is 2.35. The van der Waals surface area contributed by atoms with Gasteiger partial charge in [0, 0.05) is 6.04 Å². The van der Waals surface area contributed by atoms with E-state index in [1.54, 1.807) is 18.2 Å². The molecule has 0 aliphatic heterocycles. The fourth-order valence-electron chi connectivity index (χ4n) is 2.01. The quantitative estimate of drug-likeness (QED) is 0.603. The lowest BCUT2D eigenvalue weighted by atomic mass is 10.1. The maximum absolute atomic E-state index is 13.7. The molecular formula is C15H23ClFN. The van der Waals surface area contributed by atoms with Crippen LogP contribution in [-0.4, -0.2) is 6.04 Å². The lowest BCUT2D eigenvalue weighted by Crippen LogP contribution is -2.15. The van der Waals surface area contributed by atoms with Crippen LogP contribution in [0.1, 0.15) is 52.4 Å². The summed E-state index contributed by atoms with van der Waals surface area (Å²) >= 11 is 5.74. The Morgan fingerprint density at radius 3 is 2.67 bits per heavy atom. The Labute approximate surface area is 115 Å². The minimum absolute atomic E-state index is 0.176. The standard InChI is InChI=1S/C15H23ClFN/c1-3-4-5-6-7-9-12(2)18-14-11-8-10-13(16)15(14)17/h8,10-12,18H,3-7,9H2,1-2H3. The van der Waals surface area contributed by atoms with Crippen LogP contribution in [0.3, 0.4) is 0 Å². The molecule has 1 aromatic carbocycles. The molecule has 0 saturated heterocycles. The second kappa shape index (κ2) is 8.36. The highest BCUT2D eigenvalue weighted by atomic mass is 35.5. The first-order valence-electron chi connectivity index (χ1n) is 6.85. The van der Waals surface area contributed by atoms with E-state index in [-0.39, 0.29) is 16.9 Å². The zero-order valence-corrected chi connectivity index (χ0v) is 12.1. The van der Waals surface area contributed by atoms with Gasteiger partial charge in [-0.05, 0) is 25.5 Å². The van der Waals surface area contributed by atoms with E-state index in [2.05, 4.69) is 19.2 Å². The molecule has 0 heterocycles. The SMILES string of the molecule is CCCCCCCC(C)Nc1cccc(Cl)c1F. The molecule has 1 unspecified atom stereocenters. The van der Waals surface area contributed by atoms with Crippen LogP contribution in [-0.2, 0) is 0 Å². The van der Waals surface area contributed by atoms with Gasteiger partial charge in [0.1, 0.15) is 0 Å². The van der Waals surface area contributed by atoms with E-state index in [1.807, 2.05) is 0 Å². The molecule has 3 heteroatoms. The van der Waals surface area contributed by atoms with Crippen LogP contribution in [0, 0.1) is 5.82 Å². The number of benzene rings is 1. The van der Waals surface area contributed by atoms with Gasteiger partial charge in [-0.25, -0.2) is 4.39 Å². The Hall–Kier alpha value is -0.760. The predicted octanol–water partition coefficient (Wildman–Crippen LogP) is 5.64. The number of unbranched alkanes of at least 4 members (excludes halogenated alkanes) is 4. The van der Waals surface area contributed by atoms with Crippen molar-refractivity contribution in [3.63, 3.8) is 0 Å². The summed E-state index contributed by atoms with van der Waals surface area (Å²) < 4.78 is 13.7. The zero-order valence-electron chi connectivity index (χ0n) is 11.3. The first-order valence-corrected chi connectivity index (χ1v) is 7.23. The second-order valence-corrected chi connectivity index (χ2v) is 5.26. The number of hydrogen-bond donors (Lipinski definition) is 1.